The van der Waals surface area contributed by atoms with E-state index in [9.17, 15) is 0 Å². The summed E-state index contributed by atoms with van der Waals surface area (Å²) in [5, 5.41) is 7.76. The molecular formula is C14H20BrN5. The highest BCUT2D eigenvalue weighted by Gasteiger charge is 2.16. The average molecular weight is 338 g/mol. The molecule has 0 spiro atoms. The van der Waals surface area contributed by atoms with Crippen molar-refractivity contribution < 1.29 is 0 Å². The summed E-state index contributed by atoms with van der Waals surface area (Å²) in [6.45, 7) is 5.79. The number of likely N-dealkylation sites (tertiary alicyclic amines) is 1. The molecule has 1 aliphatic rings. The Morgan fingerprint density at radius 2 is 2.20 bits per heavy atom. The van der Waals surface area contributed by atoms with E-state index < -0.39 is 0 Å². The third kappa shape index (κ3) is 2.96. The summed E-state index contributed by atoms with van der Waals surface area (Å²) in [5.41, 5.74) is 0.853. The smallest absolute Gasteiger partial charge is 0.171 e. The predicted octanol–water partition coefficient (Wildman–Crippen LogP) is 2.78. The van der Waals surface area contributed by atoms with Gasteiger partial charge in [0.15, 0.2) is 5.65 Å². The van der Waals surface area contributed by atoms with E-state index in [1.807, 2.05) is 12.3 Å². The van der Waals surface area contributed by atoms with Crippen molar-refractivity contribution in [2.45, 2.75) is 32.2 Å². The van der Waals surface area contributed by atoms with Crippen LogP contribution in [0.25, 0.3) is 5.65 Å². The van der Waals surface area contributed by atoms with Crippen molar-refractivity contribution in [3.8, 4) is 0 Å². The maximum atomic E-state index is 4.62. The van der Waals surface area contributed by atoms with Crippen LogP contribution in [0.1, 0.15) is 26.2 Å². The molecule has 0 amide bonds. The standard InChI is InChI=1S/C14H20BrN5/c1-2-11(10-19-6-3-4-7-19)17-13-5-8-20-14(18-13)12(15)9-16-20/h5,8-9,11H,2-4,6-7,10H2,1H3,(H,17,18). The van der Waals surface area contributed by atoms with Crippen LogP contribution >= 0.6 is 15.9 Å². The first-order chi connectivity index (χ1) is 9.76. The Morgan fingerprint density at radius 3 is 2.95 bits per heavy atom. The molecule has 1 unspecified atom stereocenters. The molecule has 3 heterocycles. The molecule has 2 aromatic heterocycles. The molecule has 0 bridgehead atoms. The van der Waals surface area contributed by atoms with Crippen LogP contribution in [0.4, 0.5) is 5.82 Å². The molecule has 108 valence electrons. The Kier molecular flexibility index (Phi) is 4.21. The monoisotopic (exact) mass is 337 g/mol. The van der Waals surface area contributed by atoms with Crippen LogP contribution in [-0.2, 0) is 0 Å². The zero-order chi connectivity index (χ0) is 13.9. The van der Waals surface area contributed by atoms with Crippen molar-refractivity contribution in [1.82, 2.24) is 19.5 Å². The van der Waals surface area contributed by atoms with E-state index in [1.165, 1.54) is 25.9 Å². The van der Waals surface area contributed by atoms with E-state index >= 15 is 0 Å². The van der Waals surface area contributed by atoms with Crippen LogP contribution in [0, 0.1) is 0 Å². The van der Waals surface area contributed by atoms with Crippen molar-refractivity contribution >= 4 is 27.4 Å². The molecule has 6 heteroatoms. The largest absolute Gasteiger partial charge is 0.366 e. The van der Waals surface area contributed by atoms with Crippen molar-refractivity contribution in [3.05, 3.63) is 22.9 Å². The van der Waals surface area contributed by atoms with E-state index in [0.717, 1.165) is 28.9 Å². The van der Waals surface area contributed by atoms with Gasteiger partial charge in [0.2, 0.25) is 0 Å². The molecular weight excluding hydrogens is 318 g/mol. The third-order valence-electron chi connectivity index (χ3n) is 3.85. The SMILES string of the molecule is CCC(CN1CCCC1)Nc1ccn2ncc(Br)c2n1. The van der Waals surface area contributed by atoms with Gasteiger partial charge in [-0.3, -0.25) is 0 Å². The molecule has 5 nitrogen and oxygen atoms in total. The highest BCUT2D eigenvalue weighted by Crippen LogP contribution is 2.18. The van der Waals surface area contributed by atoms with Crippen LogP contribution < -0.4 is 5.32 Å². The van der Waals surface area contributed by atoms with Crippen LogP contribution in [0.5, 0.6) is 0 Å². The Hall–Kier alpha value is -1.14. The lowest BCUT2D eigenvalue weighted by Gasteiger charge is -2.23. The molecule has 0 aliphatic carbocycles. The Labute approximate surface area is 127 Å². The van der Waals surface area contributed by atoms with Gasteiger partial charge in [-0.1, -0.05) is 6.92 Å². The van der Waals surface area contributed by atoms with E-state index in [1.54, 1.807) is 10.7 Å². The van der Waals surface area contributed by atoms with Gasteiger partial charge in [-0.15, -0.1) is 0 Å². The molecule has 1 aliphatic heterocycles. The van der Waals surface area contributed by atoms with Crippen molar-refractivity contribution in [2.75, 3.05) is 25.0 Å². The fourth-order valence-corrected chi connectivity index (χ4v) is 3.05. The number of rotatable bonds is 5. The van der Waals surface area contributed by atoms with Crippen molar-refractivity contribution in [2.24, 2.45) is 0 Å². The zero-order valence-electron chi connectivity index (χ0n) is 11.7. The van der Waals surface area contributed by atoms with Gasteiger partial charge in [-0.25, -0.2) is 9.50 Å². The number of halogens is 1. The quantitative estimate of drug-likeness (QED) is 0.911. The normalized spacial score (nSPS) is 17.7. The second-order valence-electron chi connectivity index (χ2n) is 5.33. The minimum atomic E-state index is 0.449. The predicted molar refractivity (Wildman–Crippen MR) is 84.1 cm³/mol. The number of nitrogens with zero attached hydrogens (tertiary/aromatic N) is 4. The molecule has 20 heavy (non-hydrogen) atoms. The van der Waals surface area contributed by atoms with Gasteiger partial charge in [0, 0.05) is 18.8 Å². The third-order valence-corrected chi connectivity index (χ3v) is 4.41. The molecule has 0 saturated carbocycles. The van der Waals surface area contributed by atoms with Gasteiger partial charge in [-0.2, -0.15) is 5.10 Å². The van der Waals surface area contributed by atoms with Crippen LogP contribution in [0.2, 0.25) is 0 Å². The molecule has 1 N–H and O–H groups in total. The Balaban J connectivity index is 1.71. The lowest BCUT2D eigenvalue weighted by molar-refractivity contribution is 0.318. The first-order valence-corrected chi connectivity index (χ1v) is 8.04. The topological polar surface area (TPSA) is 45.5 Å². The lowest BCUT2D eigenvalue weighted by Crippen LogP contribution is -2.34. The van der Waals surface area contributed by atoms with Gasteiger partial charge in [0.1, 0.15) is 5.82 Å². The van der Waals surface area contributed by atoms with Crippen molar-refractivity contribution in [1.29, 1.82) is 0 Å². The van der Waals surface area contributed by atoms with Crippen LogP contribution in [-0.4, -0.2) is 45.2 Å². The number of anilines is 1. The van der Waals surface area contributed by atoms with E-state index in [4.69, 9.17) is 0 Å². The summed E-state index contributed by atoms with van der Waals surface area (Å²) in [4.78, 5) is 7.16. The average Bonchev–Trinajstić information content (AvgIpc) is 3.09. The molecule has 0 aromatic carbocycles. The van der Waals surface area contributed by atoms with E-state index in [-0.39, 0.29) is 0 Å². The van der Waals surface area contributed by atoms with Gasteiger partial charge in [0.05, 0.1) is 10.7 Å². The zero-order valence-corrected chi connectivity index (χ0v) is 13.3. The maximum Gasteiger partial charge on any atom is 0.171 e. The lowest BCUT2D eigenvalue weighted by atomic mass is 10.2. The molecule has 1 atom stereocenters. The van der Waals surface area contributed by atoms with E-state index in [2.05, 4.69) is 43.2 Å². The fourth-order valence-electron chi connectivity index (χ4n) is 2.68. The summed E-state index contributed by atoms with van der Waals surface area (Å²) < 4.78 is 2.70. The van der Waals surface area contributed by atoms with Gasteiger partial charge < -0.3 is 10.2 Å². The van der Waals surface area contributed by atoms with Crippen molar-refractivity contribution in [3.63, 3.8) is 0 Å². The molecule has 1 fully saturated rings. The number of hydrogen-bond donors (Lipinski definition) is 1. The van der Waals surface area contributed by atoms with Crippen LogP contribution in [0.15, 0.2) is 22.9 Å². The summed E-state index contributed by atoms with van der Waals surface area (Å²) in [6.07, 6.45) is 7.49. The first-order valence-electron chi connectivity index (χ1n) is 7.25. The van der Waals surface area contributed by atoms with E-state index in [0.29, 0.717) is 6.04 Å². The first kappa shape index (κ1) is 13.8. The second-order valence-corrected chi connectivity index (χ2v) is 6.19. The second kappa shape index (κ2) is 6.10. The Morgan fingerprint density at radius 1 is 1.40 bits per heavy atom. The highest BCUT2D eigenvalue weighted by atomic mass is 79.9. The maximum absolute atomic E-state index is 4.62. The fraction of sp³-hybridized carbons (Fsp3) is 0.571. The summed E-state index contributed by atoms with van der Waals surface area (Å²) in [6, 6.07) is 2.43. The molecule has 2 aromatic rings. The van der Waals surface area contributed by atoms with Gasteiger partial charge in [-0.05, 0) is 54.3 Å². The summed E-state index contributed by atoms with van der Waals surface area (Å²) in [7, 11) is 0. The van der Waals surface area contributed by atoms with Crippen LogP contribution in [0.3, 0.4) is 0 Å². The highest BCUT2D eigenvalue weighted by molar-refractivity contribution is 9.10. The number of aromatic nitrogens is 3. The minimum Gasteiger partial charge on any atom is -0.366 e. The van der Waals surface area contributed by atoms with Gasteiger partial charge >= 0.3 is 0 Å². The number of hydrogen-bond acceptors (Lipinski definition) is 4. The number of fused-ring (bicyclic) bond motifs is 1. The molecule has 3 rings (SSSR count). The summed E-state index contributed by atoms with van der Waals surface area (Å²) >= 11 is 3.47. The minimum absolute atomic E-state index is 0.449. The molecule has 0 radical (unpaired) electrons. The molecule has 1 saturated heterocycles. The summed E-state index contributed by atoms with van der Waals surface area (Å²) in [5.74, 6) is 0.921. The van der Waals surface area contributed by atoms with Gasteiger partial charge in [0.25, 0.3) is 0 Å². The number of nitrogens with one attached hydrogen (secondary N) is 1. The Bertz CT molecular complexity index is 576.